The van der Waals surface area contributed by atoms with Crippen LogP contribution >= 0.6 is 0 Å². The van der Waals surface area contributed by atoms with Gasteiger partial charge in [-0.2, -0.15) is 4.99 Å². The van der Waals surface area contributed by atoms with Crippen LogP contribution in [0.3, 0.4) is 0 Å². The smallest absolute Gasteiger partial charge is 0.271 e. The average molecular weight is 377 g/mol. The molecule has 1 aromatic carbocycles. The van der Waals surface area contributed by atoms with Crippen molar-refractivity contribution in [2.24, 2.45) is 4.99 Å². The third-order valence-electron chi connectivity index (χ3n) is 5.19. The standard InChI is InChI=1S/C21H23N5O2/c1-15-2-4-16(5-3-15)19(27)14-18-20(28)24-21(23-18)26-12-10-25(11-13-26)17-6-8-22-9-7-17/h2-9,18H,10-14H2,1H3,(H,23,24,28). The SMILES string of the molecule is Cc1ccc(C(=O)CC2NC(N3CCN(c4ccncc4)CC3)=NC2=O)cc1. The first-order chi connectivity index (χ1) is 13.6. The van der Waals surface area contributed by atoms with E-state index in [1.165, 1.54) is 0 Å². The molecular weight excluding hydrogens is 354 g/mol. The number of nitrogens with one attached hydrogen (secondary N) is 1. The lowest BCUT2D eigenvalue weighted by molar-refractivity contribution is -0.118. The highest BCUT2D eigenvalue weighted by Gasteiger charge is 2.32. The van der Waals surface area contributed by atoms with Gasteiger partial charge in [0.05, 0.1) is 0 Å². The van der Waals surface area contributed by atoms with E-state index in [9.17, 15) is 9.59 Å². The van der Waals surface area contributed by atoms with Gasteiger partial charge in [0.15, 0.2) is 5.78 Å². The zero-order valence-corrected chi connectivity index (χ0v) is 15.8. The molecule has 4 rings (SSSR count). The van der Waals surface area contributed by atoms with E-state index in [4.69, 9.17) is 0 Å². The van der Waals surface area contributed by atoms with Crippen LogP contribution in [0.4, 0.5) is 5.69 Å². The van der Waals surface area contributed by atoms with Crippen LogP contribution in [0, 0.1) is 6.92 Å². The highest BCUT2D eigenvalue weighted by atomic mass is 16.2. The average Bonchev–Trinajstić information content (AvgIpc) is 3.09. The summed E-state index contributed by atoms with van der Waals surface area (Å²) < 4.78 is 0. The van der Waals surface area contributed by atoms with Gasteiger partial charge in [-0.15, -0.1) is 0 Å². The molecule has 1 amide bonds. The predicted molar refractivity (Wildman–Crippen MR) is 108 cm³/mol. The molecule has 3 heterocycles. The fourth-order valence-electron chi connectivity index (χ4n) is 3.51. The quantitative estimate of drug-likeness (QED) is 0.817. The molecule has 0 radical (unpaired) electrons. The number of benzene rings is 1. The van der Waals surface area contributed by atoms with Gasteiger partial charge in [-0.25, -0.2) is 0 Å². The molecule has 7 nitrogen and oxygen atoms in total. The third kappa shape index (κ3) is 3.88. The Labute approximate surface area is 164 Å². The molecule has 1 atom stereocenters. The van der Waals surface area contributed by atoms with Crippen molar-refractivity contribution in [1.29, 1.82) is 0 Å². The number of anilines is 1. The minimum atomic E-state index is -0.581. The van der Waals surface area contributed by atoms with Crippen molar-refractivity contribution < 1.29 is 9.59 Å². The first kappa shape index (κ1) is 18.2. The number of amides is 1. The van der Waals surface area contributed by atoms with Crippen molar-refractivity contribution in [1.82, 2.24) is 15.2 Å². The Bertz CT molecular complexity index is 887. The molecule has 28 heavy (non-hydrogen) atoms. The number of hydrogen-bond acceptors (Lipinski definition) is 6. The second-order valence-corrected chi connectivity index (χ2v) is 7.14. The van der Waals surface area contributed by atoms with Crippen LogP contribution < -0.4 is 10.2 Å². The number of piperazine rings is 1. The molecule has 1 unspecified atom stereocenters. The number of pyridine rings is 1. The van der Waals surface area contributed by atoms with Crippen LogP contribution in [0.5, 0.6) is 0 Å². The number of rotatable bonds is 4. The number of nitrogens with zero attached hydrogens (tertiary/aromatic N) is 4. The van der Waals surface area contributed by atoms with Crippen molar-refractivity contribution in [2.45, 2.75) is 19.4 Å². The zero-order chi connectivity index (χ0) is 19.5. The fourth-order valence-corrected chi connectivity index (χ4v) is 3.51. The molecule has 2 aliphatic heterocycles. The Hall–Kier alpha value is -3.22. The fraction of sp³-hybridized carbons (Fsp3) is 0.333. The van der Waals surface area contributed by atoms with Gasteiger partial charge in [-0.3, -0.25) is 14.6 Å². The number of aromatic nitrogens is 1. The minimum absolute atomic E-state index is 0.0511. The maximum atomic E-state index is 12.5. The van der Waals surface area contributed by atoms with Gasteiger partial charge >= 0.3 is 0 Å². The Balaban J connectivity index is 1.33. The van der Waals surface area contributed by atoms with Gasteiger partial charge < -0.3 is 15.1 Å². The van der Waals surface area contributed by atoms with Gasteiger partial charge in [0, 0.05) is 56.2 Å². The van der Waals surface area contributed by atoms with Crippen LogP contribution in [0.2, 0.25) is 0 Å². The summed E-state index contributed by atoms with van der Waals surface area (Å²) in [4.78, 5) is 37.3. The first-order valence-electron chi connectivity index (χ1n) is 9.49. The van der Waals surface area contributed by atoms with Crippen molar-refractivity contribution in [3.8, 4) is 0 Å². The summed E-state index contributed by atoms with van der Waals surface area (Å²) in [5, 5.41) is 3.15. The molecule has 144 valence electrons. The van der Waals surface area contributed by atoms with Gasteiger partial charge in [-0.05, 0) is 19.1 Å². The lowest BCUT2D eigenvalue weighted by Crippen LogP contribution is -2.52. The van der Waals surface area contributed by atoms with Crippen LogP contribution in [0.1, 0.15) is 22.3 Å². The van der Waals surface area contributed by atoms with E-state index in [1.807, 2.05) is 31.2 Å². The molecule has 0 bridgehead atoms. The molecular formula is C21H23N5O2. The van der Waals surface area contributed by atoms with E-state index in [2.05, 4.69) is 25.1 Å². The summed E-state index contributed by atoms with van der Waals surface area (Å²) in [6.45, 7) is 5.18. The van der Waals surface area contributed by atoms with Gasteiger partial charge in [0.1, 0.15) is 6.04 Å². The number of guanidine groups is 1. The predicted octanol–water partition coefficient (Wildman–Crippen LogP) is 1.64. The molecule has 0 aliphatic carbocycles. The highest BCUT2D eigenvalue weighted by Crippen LogP contribution is 2.17. The van der Waals surface area contributed by atoms with E-state index in [1.54, 1.807) is 24.5 Å². The Morgan fingerprint density at radius 2 is 1.68 bits per heavy atom. The Morgan fingerprint density at radius 1 is 1.04 bits per heavy atom. The van der Waals surface area contributed by atoms with Crippen LogP contribution in [0.15, 0.2) is 53.8 Å². The zero-order valence-electron chi connectivity index (χ0n) is 15.8. The lowest BCUT2D eigenvalue weighted by atomic mass is 10.0. The normalized spacial score (nSPS) is 19.4. The number of Topliss-reactive ketones (excluding diaryl/α,β-unsaturated/α-hetero) is 1. The summed E-state index contributed by atoms with van der Waals surface area (Å²) in [7, 11) is 0. The van der Waals surface area contributed by atoms with Crippen LogP contribution in [-0.2, 0) is 4.79 Å². The van der Waals surface area contributed by atoms with Gasteiger partial charge in [-0.1, -0.05) is 29.8 Å². The van der Waals surface area contributed by atoms with Crippen molar-refractivity contribution in [2.75, 3.05) is 31.1 Å². The van der Waals surface area contributed by atoms with E-state index >= 15 is 0 Å². The summed E-state index contributed by atoms with van der Waals surface area (Å²) in [5.74, 6) is 0.262. The topological polar surface area (TPSA) is 77.9 Å². The van der Waals surface area contributed by atoms with Crippen molar-refractivity contribution in [3.63, 3.8) is 0 Å². The summed E-state index contributed by atoms with van der Waals surface area (Å²) in [6, 6.07) is 10.8. The van der Waals surface area contributed by atoms with Crippen LogP contribution in [-0.4, -0.2) is 59.8 Å². The van der Waals surface area contributed by atoms with E-state index in [0.29, 0.717) is 11.5 Å². The molecule has 7 heteroatoms. The largest absolute Gasteiger partial charge is 0.368 e. The second kappa shape index (κ2) is 7.80. The molecule has 1 aromatic heterocycles. The molecule has 2 aromatic rings. The van der Waals surface area contributed by atoms with E-state index in [0.717, 1.165) is 37.4 Å². The molecule has 2 aliphatic rings. The number of carbonyl (C=O) groups excluding carboxylic acids is 2. The third-order valence-corrected chi connectivity index (χ3v) is 5.19. The highest BCUT2D eigenvalue weighted by molar-refractivity contribution is 6.07. The maximum Gasteiger partial charge on any atom is 0.271 e. The maximum absolute atomic E-state index is 12.5. The number of ketones is 1. The first-order valence-corrected chi connectivity index (χ1v) is 9.49. The second-order valence-electron chi connectivity index (χ2n) is 7.14. The van der Waals surface area contributed by atoms with E-state index in [-0.39, 0.29) is 18.1 Å². The molecule has 1 N–H and O–H groups in total. The van der Waals surface area contributed by atoms with E-state index < -0.39 is 6.04 Å². The Morgan fingerprint density at radius 3 is 2.36 bits per heavy atom. The number of aryl methyl sites for hydroxylation is 1. The summed E-state index contributed by atoms with van der Waals surface area (Å²) in [6.07, 6.45) is 3.70. The molecule has 0 spiro atoms. The summed E-state index contributed by atoms with van der Waals surface area (Å²) >= 11 is 0. The molecule has 1 fully saturated rings. The number of carbonyl (C=O) groups is 2. The molecule has 0 saturated carbocycles. The van der Waals surface area contributed by atoms with Crippen LogP contribution in [0.25, 0.3) is 0 Å². The number of aliphatic imine (C=N–C) groups is 1. The van der Waals surface area contributed by atoms with Gasteiger partial charge in [0.2, 0.25) is 5.96 Å². The monoisotopic (exact) mass is 377 g/mol. The van der Waals surface area contributed by atoms with Crippen molar-refractivity contribution in [3.05, 3.63) is 59.9 Å². The molecule has 1 saturated heterocycles. The Kier molecular flexibility index (Phi) is 5.06. The lowest BCUT2D eigenvalue weighted by Gasteiger charge is -2.37. The number of hydrogen-bond donors (Lipinski definition) is 1. The van der Waals surface area contributed by atoms with Gasteiger partial charge in [0.25, 0.3) is 5.91 Å². The van der Waals surface area contributed by atoms with Crippen molar-refractivity contribution >= 4 is 23.3 Å². The minimum Gasteiger partial charge on any atom is -0.368 e. The summed E-state index contributed by atoms with van der Waals surface area (Å²) in [5.41, 5.74) is 2.87.